The zero-order chi connectivity index (χ0) is 13.8. The predicted molar refractivity (Wildman–Crippen MR) is 66.8 cm³/mol. The minimum Gasteiger partial charge on any atom is -0.307 e. The number of nitrogens with one attached hydrogen (secondary N) is 1. The highest BCUT2D eigenvalue weighted by molar-refractivity contribution is 5.40. The lowest BCUT2D eigenvalue weighted by Crippen LogP contribution is -2.14. The second kappa shape index (κ2) is 5.57. The molecule has 0 radical (unpaired) electrons. The smallest absolute Gasteiger partial charge is 0.274 e. The van der Waals surface area contributed by atoms with Crippen LogP contribution in [0.15, 0.2) is 30.5 Å². The maximum Gasteiger partial charge on any atom is 0.274 e. The van der Waals surface area contributed by atoms with E-state index in [-0.39, 0.29) is 12.2 Å². The maximum atomic E-state index is 13.1. The average Bonchev–Trinajstić information content (AvgIpc) is 2.75. The lowest BCUT2D eigenvalue weighted by molar-refractivity contribution is -0.385. The number of aryl methyl sites for hydroxylation is 1. The Morgan fingerprint density at radius 1 is 1.42 bits per heavy atom. The minimum absolute atomic E-state index is 0.0880. The summed E-state index contributed by atoms with van der Waals surface area (Å²) in [6, 6.07) is 5.27. The molecule has 19 heavy (non-hydrogen) atoms. The van der Waals surface area contributed by atoms with Crippen LogP contribution in [-0.2, 0) is 20.1 Å². The summed E-state index contributed by atoms with van der Waals surface area (Å²) in [7, 11) is 1.81. The number of hydrogen-bond acceptors (Lipinski definition) is 4. The number of nitrogens with zero attached hydrogens (tertiary/aromatic N) is 3. The normalized spacial score (nSPS) is 10.6. The van der Waals surface area contributed by atoms with Crippen molar-refractivity contribution < 1.29 is 9.31 Å². The van der Waals surface area contributed by atoms with E-state index in [1.807, 2.05) is 12.3 Å². The van der Waals surface area contributed by atoms with Gasteiger partial charge in [-0.3, -0.25) is 14.8 Å². The van der Waals surface area contributed by atoms with E-state index in [0.29, 0.717) is 12.1 Å². The molecule has 0 saturated heterocycles. The molecule has 1 aromatic heterocycles. The Hall–Kier alpha value is -2.28. The third-order valence-electron chi connectivity index (χ3n) is 2.63. The van der Waals surface area contributed by atoms with Crippen LogP contribution in [0.4, 0.5) is 10.1 Å². The van der Waals surface area contributed by atoms with Gasteiger partial charge in [-0.25, -0.2) is 4.39 Å². The third kappa shape index (κ3) is 3.35. The van der Waals surface area contributed by atoms with Gasteiger partial charge < -0.3 is 5.32 Å². The standard InChI is InChI=1S/C12H13FN4O2/c1-16-5-4-11(15-16)8-14-7-9-6-10(13)2-3-12(9)17(18)19/h2-6,14H,7-8H2,1H3. The fourth-order valence-corrected chi connectivity index (χ4v) is 1.76. The number of nitro benzene ring substituents is 1. The third-order valence-corrected chi connectivity index (χ3v) is 2.63. The number of benzene rings is 1. The zero-order valence-corrected chi connectivity index (χ0v) is 10.3. The van der Waals surface area contributed by atoms with Gasteiger partial charge >= 0.3 is 0 Å². The largest absolute Gasteiger partial charge is 0.307 e. The highest BCUT2D eigenvalue weighted by Crippen LogP contribution is 2.19. The summed E-state index contributed by atoms with van der Waals surface area (Å²) in [5.74, 6) is -0.486. The summed E-state index contributed by atoms with van der Waals surface area (Å²) < 4.78 is 14.8. The summed E-state index contributed by atoms with van der Waals surface area (Å²) in [4.78, 5) is 10.3. The van der Waals surface area contributed by atoms with Crippen LogP contribution < -0.4 is 5.32 Å². The predicted octanol–water partition coefficient (Wildman–Crippen LogP) is 1.76. The van der Waals surface area contributed by atoms with Gasteiger partial charge in [0, 0.05) is 38.0 Å². The quantitative estimate of drug-likeness (QED) is 0.659. The van der Waals surface area contributed by atoms with Gasteiger partial charge in [0.25, 0.3) is 5.69 Å². The van der Waals surface area contributed by atoms with Crippen molar-refractivity contribution in [1.29, 1.82) is 0 Å². The Morgan fingerprint density at radius 2 is 2.21 bits per heavy atom. The highest BCUT2D eigenvalue weighted by atomic mass is 19.1. The fraction of sp³-hybridized carbons (Fsp3) is 0.250. The first-order valence-corrected chi connectivity index (χ1v) is 5.68. The number of halogens is 1. The Balaban J connectivity index is 2.02. The Labute approximate surface area is 109 Å². The molecular formula is C12H13FN4O2. The highest BCUT2D eigenvalue weighted by Gasteiger charge is 2.13. The summed E-state index contributed by atoms with van der Waals surface area (Å²) in [6.07, 6.45) is 1.81. The monoisotopic (exact) mass is 264 g/mol. The van der Waals surface area contributed by atoms with E-state index >= 15 is 0 Å². The summed E-state index contributed by atoms with van der Waals surface area (Å²) in [6.45, 7) is 0.680. The van der Waals surface area contributed by atoms with Gasteiger partial charge in [0.1, 0.15) is 5.82 Å². The van der Waals surface area contributed by atoms with E-state index < -0.39 is 10.7 Å². The van der Waals surface area contributed by atoms with Crippen LogP contribution in [0.2, 0.25) is 0 Å². The van der Waals surface area contributed by atoms with Crippen molar-refractivity contribution in [3.8, 4) is 0 Å². The molecule has 2 aromatic rings. The molecule has 0 aliphatic carbocycles. The van der Waals surface area contributed by atoms with Gasteiger partial charge in [0.05, 0.1) is 10.6 Å². The number of aromatic nitrogens is 2. The molecule has 2 rings (SSSR count). The molecule has 0 atom stereocenters. The van der Waals surface area contributed by atoms with Crippen LogP contribution in [0, 0.1) is 15.9 Å². The first kappa shape index (κ1) is 13.2. The van der Waals surface area contributed by atoms with Crippen LogP contribution in [0.25, 0.3) is 0 Å². The Morgan fingerprint density at radius 3 is 2.84 bits per heavy atom. The molecule has 1 N–H and O–H groups in total. The molecule has 0 amide bonds. The molecule has 6 nitrogen and oxygen atoms in total. The van der Waals surface area contributed by atoms with Crippen molar-refractivity contribution >= 4 is 5.69 Å². The summed E-state index contributed by atoms with van der Waals surface area (Å²) in [5, 5.41) is 18.0. The van der Waals surface area contributed by atoms with Gasteiger partial charge in [0.15, 0.2) is 0 Å². The van der Waals surface area contributed by atoms with Crippen molar-refractivity contribution in [2.24, 2.45) is 7.05 Å². The average molecular weight is 264 g/mol. The first-order valence-electron chi connectivity index (χ1n) is 5.68. The number of nitro groups is 1. The molecule has 0 spiro atoms. The second-order valence-electron chi connectivity index (χ2n) is 4.11. The van der Waals surface area contributed by atoms with Gasteiger partial charge in [0.2, 0.25) is 0 Å². The molecule has 1 heterocycles. The van der Waals surface area contributed by atoms with Crippen LogP contribution in [0.5, 0.6) is 0 Å². The van der Waals surface area contributed by atoms with E-state index in [0.717, 1.165) is 11.8 Å². The summed E-state index contributed by atoms with van der Waals surface area (Å²) >= 11 is 0. The lowest BCUT2D eigenvalue weighted by Gasteiger charge is -2.04. The molecule has 1 aromatic carbocycles. The molecule has 0 unspecified atom stereocenters. The molecule has 0 saturated carbocycles. The van der Waals surface area contributed by atoms with Crippen LogP contribution in [-0.4, -0.2) is 14.7 Å². The van der Waals surface area contributed by atoms with Gasteiger partial charge in [-0.2, -0.15) is 5.10 Å². The zero-order valence-electron chi connectivity index (χ0n) is 10.3. The van der Waals surface area contributed by atoms with Gasteiger partial charge in [-0.15, -0.1) is 0 Å². The van der Waals surface area contributed by atoms with Crippen molar-refractivity contribution in [2.45, 2.75) is 13.1 Å². The van der Waals surface area contributed by atoms with Crippen molar-refractivity contribution in [3.63, 3.8) is 0 Å². The van der Waals surface area contributed by atoms with Crippen LogP contribution in [0.3, 0.4) is 0 Å². The first-order chi connectivity index (χ1) is 9.06. The van der Waals surface area contributed by atoms with E-state index in [9.17, 15) is 14.5 Å². The van der Waals surface area contributed by atoms with E-state index in [2.05, 4.69) is 10.4 Å². The van der Waals surface area contributed by atoms with Crippen LogP contribution >= 0.6 is 0 Å². The van der Waals surface area contributed by atoms with E-state index in [1.54, 1.807) is 11.7 Å². The SMILES string of the molecule is Cn1ccc(CNCc2cc(F)ccc2[N+](=O)[O-])n1. The molecular weight excluding hydrogens is 251 g/mol. The molecule has 7 heteroatoms. The molecule has 0 bridgehead atoms. The van der Waals surface area contributed by atoms with Crippen molar-refractivity contribution in [3.05, 3.63) is 57.7 Å². The lowest BCUT2D eigenvalue weighted by atomic mass is 10.1. The van der Waals surface area contributed by atoms with Crippen molar-refractivity contribution in [2.75, 3.05) is 0 Å². The number of hydrogen-bond donors (Lipinski definition) is 1. The minimum atomic E-state index is -0.517. The Bertz CT molecular complexity index is 597. The van der Waals surface area contributed by atoms with Gasteiger partial charge in [-0.05, 0) is 18.2 Å². The molecule has 100 valence electrons. The van der Waals surface area contributed by atoms with Gasteiger partial charge in [-0.1, -0.05) is 0 Å². The topological polar surface area (TPSA) is 73.0 Å². The van der Waals surface area contributed by atoms with E-state index in [1.165, 1.54) is 12.1 Å². The molecule has 0 aliphatic heterocycles. The summed E-state index contributed by atoms with van der Waals surface area (Å²) in [5.41, 5.74) is 1.05. The Kier molecular flexibility index (Phi) is 3.86. The van der Waals surface area contributed by atoms with Crippen LogP contribution in [0.1, 0.15) is 11.3 Å². The van der Waals surface area contributed by atoms with E-state index in [4.69, 9.17) is 0 Å². The maximum absolute atomic E-state index is 13.1. The number of rotatable bonds is 5. The van der Waals surface area contributed by atoms with Crippen molar-refractivity contribution in [1.82, 2.24) is 15.1 Å². The molecule has 0 fully saturated rings. The second-order valence-corrected chi connectivity index (χ2v) is 4.11. The fourth-order valence-electron chi connectivity index (χ4n) is 1.76. The molecule has 0 aliphatic rings.